The molecular formula is C22H21N3O3S. The van der Waals surface area contributed by atoms with E-state index in [0.717, 1.165) is 16.2 Å². The van der Waals surface area contributed by atoms with Crippen molar-refractivity contribution in [2.45, 2.75) is 13.8 Å². The molecule has 2 heterocycles. The summed E-state index contributed by atoms with van der Waals surface area (Å²) in [5.41, 5.74) is 3.02. The lowest BCUT2D eigenvalue weighted by Gasteiger charge is -2.12. The second kappa shape index (κ2) is 8.36. The SMILES string of the molecule is CCOc1ccc(C(=O)Nc2cccc(-c3cn4ccsc4n3)c2)cc1OCC. The fourth-order valence-electron chi connectivity index (χ4n) is 3.02. The molecule has 0 atom stereocenters. The number of carbonyl (C=O) groups excluding carboxylic acids is 1. The molecule has 2 aromatic heterocycles. The van der Waals surface area contributed by atoms with Gasteiger partial charge >= 0.3 is 0 Å². The minimum Gasteiger partial charge on any atom is -0.490 e. The fourth-order valence-corrected chi connectivity index (χ4v) is 3.72. The van der Waals surface area contributed by atoms with E-state index in [1.165, 1.54) is 0 Å². The topological polar surface area (TPSA) is 64.9 Å². The van der Waals surface area contributed by atoms with Crippen LogP contribution in [0.5, 0.6) is 11.5 Å². The first kappa shape index (κ1) is 19.0. The van der Waals surface area contributed by atoms with Gasteiger partial charge in [0, 0.05) is 34.6 Å². The lowest BCUT2D eigenvalue weighted by molar-refractivity contribution is 0.102. The van der Waals surface area contributed by atoms with E-state index in [1.54, 1.807) is 29.5 Å². The minimum atomic E-state index is -0.211. The Morgan fingerprint density at radius 1 is 1.10 bits per heavy atom. The normalized spacial score (nSPS) is 10.8. The van der Waals surface area contributed by atoms with Crippen molar-refractivity contribution >= 4 is 27.9 Å². The van der Waals surface area contributed by atoms with Crippen LogP contribution in [-0.4, -0.2) is 28.5 Å². The number of imidazole rings is 1. The van der Waals surface area contributed by atoms with E-state index in [2.05, 4.69) is 10.3 Å². The average molecular weight is 407 g/mol. The molecule has 0 saturated heterocycles. The van der Waals surface area contributed by atoms with Gasteiger partial charge in [-0.05, 0) is 44.2 Å². The first-order valence-electron chi connectivity index (χ1n) is 9.41. The molecule has 1 N–H and O–H groups in total. The molecular weight excluding hydrogens is 386 g/mol. The number of amides is 1. The Morgan fingerprint density at radius 3 is 2.72 bits per heavy atom. The summed E-state index contributed by atoms with van der Waals surface area (Å²) in [6.45, 7) is 4.83. The van der Waals surface area contributed by atoms with Crippen LogP contribution in [0.4, 0.5) is 5.69 Å². The molecule has 4 rings (SSSR count). The molecule has 0 unspecified atom stereocenters. The molecule has 0 aliphatic rings. The molecule has 0 aliphatic carbocycles. The van der Waals surface area contributed by atoms with Crippen molar-refractivity contribution in [2.75, 3.05) is 18.5 Å². The predicted molar refractivity (Wildman–Crippen MR) is 115 cm³/mol. The molecule has 2 aromatic carbocycles. The van der Waals surface area contributed by atoms with Gasteiger partial charge in [-0.15, -0.1) is 11.3 Å². The third-order valence-electron chi connectivity index (χ3n) is 4.32. The standard InChI is InChI=1S/C22H21N3O3S/c1-3-27-19-9-8-16(13-20(19)28-4-2)21(26)23-17-7-5-6-15(12-17)18-14-25-10-11-29-22(25)24-18/h5-14H,3-4H2,1-2H3,(H,23,26). The minimum absolute atomic E-state index is 0.211. The Morgan fingerprint density at radius 2 is 1.93 bits per heavy atom. The van der Waals surface area contributed by atoms with Crippen molar-refractivity contribution in [2.24, 2.45) is 0 Å². The number of carbonyl (C=O) groups is 1. The summed E-state index contributed by atoms with van der Waals surface area (Å²) in [4.78, 5) is 18.3. The van der Waals surface area contributed by atoms with Gasteiger partial charge in [-0.25, -0.2) is 4.98 Å². The molecule has 148 valence electrons. The van der Waals surface area contributed by atoms with Gasteiger partial charge in [0.2, 0.25) is 0 Å². The van der Waals surface area contributed by atoms with E-state index in [4.69, 9.17) is 9.47 Å². The number of benzene rings is 2. The second-order valence-electron chi connectivity index (χ2n) is 6.28. The van der Waals surface area contributed by atoms with Gasteiger partial charge in [-0.1, -0.05) is 12.1 Å². The van der Waals surface area contributed by atoms with Crippen LogP contribution < -0.4 is 14.8 Å². The van der Waals surface area contributed by atoms with Crippen LogP contribution in [0.25, 0.3) is 16.2 Å². The number of aromatic nitrogens is 2. The van der Waals surface area contributed by atoms with Gasteiger partial charge in [0.1, 0.15) is 0 Å². The summed E-state index contributed by atoms with van der Waals surface area (Å²) >= 11 is 1.58. The summed E-state index contributed by atoms with van der Waals surface area (Å²) in [6, 6.07) is 12.9. The van der Waals surface area contributed by atoms with E-state index in [-0.39, 0.29) is 5.91 Å². The summed E-state index contributed by atoms with van der Waals surface area (Å²) in [6.07, 6.45) is 3.96. The summed E-state index contributed by atoms with van der Waals surface area (Å²) in [5.74, 6) is 0.985. The number of ether oxygens (including phenoxy) is 2. The third-order valence-corrected chi connectivity index (χ3v) is 5.09. The molecule has 0 fully saturated rings. The number of thiazole rings is 1. The summed E-state index contributed by atoms with van der Waals surface area (Å²) in [5, 5.41) is 4.95. The first-order valence-corrected chi connectivity index (χ1v) is 10.3. The molecule has 7 heteroatoms. The average Bonchev–Trinajstić information content (AvgIpc) is 3.32. The van der Waals surface area contributed by atoms with Crippen molar-refractivity contribution in [3.63, 3.8) is 0 Å². The number of hydrogen-bond acceptors (Lipinski definition) is 5. The maximum Gasteiger partial charge on any atom is 0.255 e. The van der Waals surface area contributed by atoms with Crippen LogP contribution in [-0.2, 0) is 0 Å². The van der Waals surface area contributed by atoms with Crippen molar-refractivity contribution < 1.29 is 14.3 Å². The van der Waals surface area contributed by atoms with Crippen molar-refractivity contribution in [3.8, 4) is 22.8 Å². The Kier molecular flexibility index (Phi) is 5.48. The van der Waals surface area contributed by atoms with E-state index >= 15 is 0 Å². The fraction of sp³-hybridized carbons (Fsp3) is 0.182. The number of hydrogen-bond donors (Lipinski definition) is 1. The van der Waals surface area contributed by atoms with E-state index in [9.17, 15) is 4.79 Å². The van der Waals surface area contributed by atoms with Gasteiger partial charge in [0.25, 0.3) is 5.91 Å². The molecule has 1 amide bonds. The van der Waals surface area contributed by atoms with Gasteiger partial charge < -0.3 is 14.8 Å². The highest BCUT2D eigenvalue weighted by molar-refractivity contribution is 7.15. The van der Waals surface area contributed by atoms with Crippen LogP contribution in [0.3, 0.4) is 0 Å². The second-order valence-corrected chi connectivity index (χ2v) is 7.15. The third kappa shape index (κ3) is 4.09. The van der Waals surface area contributed by atoms with Crippen LogP contribution in [0.15, 0.2) is 60.2 Å². The lowest BCUT2D eigenvalue weighted by Crippen LogP contribution is -2.12. The molecule has 0 saturated carbocycles. The van der Waals surface area contributed by atoms with Gasteiger partial charge in [0.05, 0.1) is 18.9 Å². The molecule has 0 spiro atoms. The zero-order valence-corrected chi connectivity index (χ0v) is 17.0. The summed E-state index contributed by atoms with van der Waals surface area (Å²) < 4.78 is 13.2. The predicted octanol–water partition coefficient (Wildman–Crippen LogP) is 5.11. The highest BCUT2D eigenvalue weighted by atomic mass is 32.1. The van der Waals surface area contributed by atoms with E-state index in [1.807, 2.05) is 60.3 Å². The zero-order valence-electron chi connectivity index (χ0n) is 16.2. The Labute approximate surface area is 172 Å². The zero-order chi connectivity index (χ0) is 20.2. The quantitative estimate of drug-likeness (QED) is 0.462. The smallest absolute Gasteiger partial charge is 0.255 e. The first-order chi connectivity index (χ1) is 14.2. The van der Waals surface area contributed by atoms with Crippen LogP contribution >= 0.6 is 11.3 Å². The number of fused-ring (bicyclic) bond motifs is 1. The van der Waals surface area contributed by atoms with Crippen molar-refractivity contribution in [1.29, 1.82) is 0 Å². The molecule has 6 nitrogen and oxygen atoms in total. The monoisotopic (exact) mass is 407 g/mol. The maximum absolute atomic E-state index is 12.8. The van der Waals surface area contributed by atoms with Gasteiger partial charge in [-0.2, -0.15) is 0 Å². The van der Waals surface area contributed by atoms with Crippen molar-refractivity contribution in [1.82, 2.24) is 9.38 Å². The van der Waals surface area contributed by atoms with Gasteiger partial charge in [-0.3, -0.25) is 9.20 Å². The van der Waals surface area contributed by atoms with Crippen LogP contribution in [0.1, 0.15) is 24.2 Å². The highest BCUT2D eigenvalue weighted by Gasteiger charge is 2.13. The molecule has 0 aliphatic heterocycles. The Hall–Kier alpha value is -3.32. The largest absolute Gasteiger partial charge is 0.490 e. The molecule has 0 bridgehead atoms. The van der Waals surface area contributed by atoms with Crippen LogP contribution in [0, 0.1) is 0 Å². The summed E-state index contributed by atoms with van der Waals surface area (Å²) in [7, 11) is 0. The number of anilines is 1. The Balaban J connectivity index is 1.55. The highest BCUT2D eigenvalue weighted by Crippen LogP contribution is 2.29. The molecule has 0 radical (unpaired) electrons. The number of nitrogens with one attached hydrogen (secondary N) is 1. The molecule has 4 aromatic rings. The maximum atomic E-state index is 12.8. The lowest BCUT2D eigenvalue weighted by atomic mass is 10.1. The number of nitrogens with zero attached hydrogens (tertiary/aromatic N) is 2. The molecule has 29 heavy (non-hydrogen) atoms. The van der Waals surface area contributed by atoms with Crippen molar-refractivity contribution in [3.05, 3.63) is 65.8 Å². The van der Waals surface area contributed by atoms with E-state index < -0.39 is 0 Å². The Bertz CT molecular complexity index is 1120. The van der Waals surface area contributed by atoms with E-state index in [0.29, 0.717) is 36.0 Å². The number of rotatable bonds is 7. The van der Waals surface area contributed by atoms with Gasteiger partial charge in [0.15, 0.2) is 16.5 Å². The van der Waals surface area contributed by atoms with Crippen LogP contribution in [0.2, 0.25) is 0 Å².